The lowest BCUT2D eigenvalue weighted by Gasteiger charge is -2.18. The number of nitrogens with zero attached hydrogens (tertiary/aromatic N) is 2. The SMILES string of the molecule is O=C1c2ccc([N+](=O)[O-])c(O)c2C(=O)c2c([N+](=O)[O-])ccc(O)c21. The monoisotopic (exact) mass is 330 g/mol. The molecule has 3 rings (SSSR count). The highest BCUT2D eigenvalue weighted by Crippen LogP contribution is 2.42. The Morgan fingerprint density at radius 2 is 1.33 bits per heavy atom. The van der Waals surface area contributed by atoms with Crippen LogP contribution in [0.2, 0.25) is 0 Å². The van der Waals surface area contributed by atoms with Crippen LogP contribution in [0.4, 0.5) is 11.4 Å². The largest absolute Gasteiger partial charge is 0.507 e. The molecule has 10 nitrogen and oxygen atoms in total. The fourth-order valence-corrected chi connectivity index (χ4v) is 2.60. The molecular formula is C14H6N2O8. The third kappa shape index (κ3) is 1.83. The van der Waals surface area contributed by atoms with Gasteiger partial charge in [-0.05, 0) is 12.1 Å². The van der Waals surface area contributed by atoms with E-state index in [0.29, 0.717) is 0 Å². The fourth-order valence-electron chi connectivity index (χ4n) is 2.60. The van der Waals surface area contributed by atoms with Gasteiger partial charge in [0.1, 0.15) is 11.3 Å². The topological polar surface area (TPSA) is 161 Å². The summed E-state index contributed by atoms with van der Waals surface area (Å²) in [6.07, 6.45) is 0. The first-order valence-corrected chi connectivity index (χ1v) is 6.35. The highest BCUT2D eigenvalue weighted by molar-refractivity contribution is 6.31. The predicted molar refractivity (Wildman–Crippen MR) is 76.4 cm³/mol. The van der Waals surface area contributed by atoms with Gasteiger partial charge in [-0.25, -0.2) is 0 Å². The maximum atomic E-state index is 12.6. The summed E-state index contributed by atoms with van der Waals surface area (Å²) >= 11 is 0. The van der Waals surface area contributed by atoms with Gasteiger partial charge in [-0.1, -0.05) is 0 Å². The van der Waals surface area contributed by atoms with E-state index in [1.54, 1.807) is 0 Å². The van der Waals surface area contributed by atoms with E-state index in [4.69, 9.17) is 0 Å². The first-order valence-electron chi connectivity index (χ1n) is 6.35. The van der Waals surface area contributed by atoms with E-state index in [1.165, 1.54) is 0 Å². The first-order chi connectivity index (χ1) is 11.3. The van der Waals surface area contributed by atoms with Crippen LogP contribution in [0.25, 0.3) is 0 Å². The van der Waals surface area contributed by atoms with Crippen LogP contribution < -0.4 is 0 Å². The van der Waals surface area contributed by atoms with Gasteiger partial charge in [0.05, 0.1) is 21.0 Å². The van der Waals surface area contributed by atoms with Crippen LogP contribution in [0.5, 0.6) is 11.5 Å². The summed E-state index contributed by atoms with van der Waals surface area (Å²) in [7, 11) is 0. The van der Waals surface area contributed by atoms with Crippen LogP contribution in [0.3, 0.4) is 0 Å². The second kappa shape index (κ2) is 4.84. The number of nitro benzene ring substituents is 2. The summed E-state index contributed by atoms with van der Waals surface area (Å²) in [5.74, 6) is -3.80. The van der Waals surface area contributed by atoms with E-state index >= 15 is 0 Å². The van der Waals surface area contributed by atoms with Gasteiger partial charge in [0.15, 0.2) is 5.78 Å². The van der Waals surface area contributed by atoms with E-state index in [2.05, 4.69) is 0 Å². The molecule has 0 atom stereocenters. The summed E-state index contributed by atoms with van der Waals surface area (Å²) in [5.41, 5.74) is -3.94. The van der Waals surface area contributed by atoms with Gasteiger partial charge in [0.25, 0.3) is 5.69 Å². The van der Waals surface area contributed by atoms with Crippen molar-refractivity contribution in [2.45, 2.75) is 0 Å². The molecule has 2 aromatic rings. The van der Waals surface area contributed by atoms with Gasteiger partial charge in [-0.3, -0.25) is 29.8 Å². The molecule has 0 aromatic heterocycles. The Bertz CT molecular complexity index is 979. The molecule has 0 fully saturated rings. The molecule has 0 saturated carbocycles. The van der Waals surface area contributed by atoms with E-state index < -0.39 is 61.0 Å². The minimum absolute atomic E-state index is 0.383. The van der Waals surface area contributed by atoms with Gasteiger partial charge in [-0.15, -0.1) is 0 Å². The average molecular weight is 330 g/mol. The Balaban J connectivity index is 2.42. The predicted octanol–water partition coefficient (Wildman–Crippen LogP) is 1.69. The maximum absolute atomic E-state index is 12.6. The molecule has 0 saturated heterocycles. The molecule has 1 aliphatic rings. The number of hydrogen-bond donors (Lipinski definition) is 2. The minimum Gasteiger partial charge on any atom is -0.507 e. The van der Waals surface area contributed by atoms with Crippen LogP contribution in [-0.4, -0.2) is 31.6 Å². The quantitative estimate of drug-likeness (QED) is 0.530. The molecule has 120 valence electrons. The number of aromatic hydroxyl groups is 2. The zero-order chi connectivity index (χ0) is 17.8. The number of carbonyl (C=O) groups is 2. The smallest absolute Gasteiger partial charge is 0.311 e. The van der Waals surface area contributed by atoms with Crippen LogP contribution in [0, 0.1) is 20.2 Å². The molecule has 0 radical (unpaired) electrons. The summed E-state index contributed by atoms with van der Waals surface area (Å²) in [6, 6.07) is 3.52. The number of rotatable bonds is 2. The lowest BCUT2D eigenvalue weighted by molar-refractivity contribution is -0.386. The van der Waals surface area contributed by atoms with E-state index in [0.717, 1.165) is 24.3 Å². The number of benzene rings is 2. The Hall–Kier alpha value is -3.82. The third-order valence-electron chi connectivity index (χ3n) is 3.64. The van der Waals surface area contributed by atoms with Gasteiger partial charge in [-0.2, -0.15) is 0 Å². The normalized spacial score (nSPS) is 12.5. The molecule has 2 aromatic carbocycles. The highest BCUT2D eigenvalue weighted by atomic mass is 16.6. The number of ketones is 2. The van der Waals surface area contributed by atoms with Crippen molar-refractivity contribution < 1.29 is 29.6 Å². The molecule has 0 unspecified atom stereocenters. The van der Waals surface area contributed by atoms with Crippen LogP contribution in [-0.2, 0) is 0 Å². The lowest BCUT2D eigenvalue weighted by Crippen LogP contribution is -2.22. The maximum Gasteiger partial charge on any atom is 0.311 e. The Labute approximate surface area is 131 Å². The molecule has 0 spiro atoms. The van der Waals surface area contributed by atoms with Gasteiger partial charge < -0.3 is 10.2 Å². The number of phenolic OH excluding ortho intramolecular Hbond substituents is 2. The Morgan fingerprint density at radius 1 is 0.750 bits per heavy atom. The van der Waals surface area contributed by atoms with E-state index in [-0.39, 0.29) is 5.56 Å². The second-order valence-corrected chi connectivity index (χ2v) is 4.88. The molecule has 0 bridgehead atoms. The summed E-state index contributed by atoms with van der Waals surface area (Å²) in [4.78, 5) is 45.1. The van der Waals surface area contributed by atoms with Crippen molar-refractivity contribution in [2.75, 3.05) is 0 Å². The summed E-state index contributed by atoms with van der Waals surface area (Å²) in [6.45, 7) is 0. The van der Waals surface area contributed by atoms with Crippen molar-refractivity contribution in [1.29, 1.82) is 0 Å². The molecule has 24 heavy (non-hydrogen) atoms. The van der Waals surface area contributed by atoms with Crippen LogP contribution in [0.15, 0.2) is 24.3 Å². The van der Waals surface area contributed by atoms with Gasteiger partial charge >= 0.3 is 5.69 Å². The number of carbonyl (C=O) groups excluding carboxylic acids is 2. The van der Waals surface area contributed by atoms with Crippen LogP contribution >= 0.6 is 0 Å². The third-order valence-corrected chi connectivity index (χ3v) is 3.64. The lowest BCUT2D eigenvalue weighted by atomic mass is 9.82. The van der Waals surface area contributed by atoms with Crippen LogP contribution in [0.1, 0.15) is 31.8 Å². The molecule has 2 N–H and O–H groups in total. The average Bonchev–Trinajstić information content (AvgIpc) is 2.51. The number of phenols is 2. The zero-order valence-corrected chi connectivity index (χ0v) is 11.5. The summed E-state index contributed by atoms with van der Waals surface area (Å²) in [5, 5.41) is 41.8. The molecule has 0 aliphatic heterocycles. The molecule has 0 heterocycles. The Kier molecular flexibility index (Phi) is 3.04. The summed E-state index contributed by atoms with van der Waals surface area (Å²) < 4.78 is 0. The van der Waals surface area contributed by atoms with E-state index in [1.807, 2.05) is 0 Å². The highest BCUT2D eigenvalue weighted by Gasteiger charge is 2.41. The van der Waals surface area contributed by atoms with Gasteiger partial charge in [0.2, 0.25) is 11.5 Å². The zero-order valence-electron chi connectivity index (χ0n) is 11.5. The Morgan fingerprint density at radius 3 is 1.92 bits per heavy atom. The standard InChI is InChI=1S/C14H6N2O8/c17-8-4-3-6(15(21)22)10-11(8)12(18)5-1-2-7(16(23)24)13(19)9(5)14(10)20/h1-4,17,19H. The van der Waals surface area contributed by atoms with E-state index in [9.17, 15) is 40.0 Å². The number of fused-ring (bicyclic) bond motifs is 2. The minimum atomic E-state index is -1.15. The second-order valence-electron chi connectivity index (χ2n) is 4.88. The number of hydrogen-bond acceptors (Lipinski definition) is 8. The fraction of sp³-hybridized carbons (Fsp3) is 0. The molecule has 10 heteroatoms. The number of nitro groups is 2. The van der Waals surface area contributed by atoms with Gasteiger partial charge in [0, 0.05) is 17.7 Å². The first kappa shape index (κ1) is 15.1. The van der Waals surface area contributed by atoms with Crippen molar-refractivity contribution in [3.63, 3.8) is 0 Å². The van der Waals surface area contributed by atoms with Crippen molar-refractivity contribution in [1.82, 2.24) is 0 Å². The molecule has 0 amide bonds. The molecule has 1 aliphatic carbocycles. The van der Waals surface area contributed by atoms with Crippen molar-refractivity contribution in [2.24, 2.45) is 0 Å². The van der Waals surface area contributed by atoms with Crippen molar-refractivity contribution in [3.05, 3.63) is 66.7 Å². The van der Waals surface area contributed by atoms with Crippen molar-refractivity contribution >= 4 is 22.9 Å². The molecular weight excluding hydrogens is 324 g/mol. The van der Waals surface area contributed by atoms with Crippen molar-refractivity contribution in [3.8, 4) is 11.5 Å².